The van der Waals surface area contributed by atoms with E-state index in [0.29, 0.717) is 19.0 Å². The molecule has 0 bridgehead atoms. The van der Waals surface area contributed by atoms with Crippen molar-refractivity contribution in [1.82, 2.24) is 14.2 Å². The molecule has 30 heavy (non-hydrogen) atoms. The number of amides is 1. The number of aromatic nitrogens is 1. The van der Waals surface area contributed by atoms with E-state index in [0.717, 1.165) is 27.7 Å². The highest BCUT2D eigenvalue weighted by Crippen LogP contribution is 2.34. The average Bonchev–Trinajstić information content (AvgIpc) is 3.18. The van der Waals surface area contributed by atoms with Gasteiger partial charge in [0.1, 0.15) is 0 Å². The van der Waals surface area contributed by atoms with E-state index in [4.69, 9.17) is 16.6 Å². The summed E-state index contributed by atoms with van der Waals surface area (Å²) in [6.07, 6.45) is 1.64. The number of carbonyl (C=O) groups is 1. The van der Waals surface area contributed by atoms with Crippen molar-refractivity contribution < 1.29 is 13.2 Å². The molecule has 0 atom stereocenters. The Labute approximate surface area is 185 Å². The lowest BCUT2D eigenvalue weighted by Gasteiger charge is -2.31. The number of thiazole rings is 1. The van der Waals surface area contributed by atoms with Gasteiger partial charge in [0.2, 0.25) is 10.0 Å². The first-order valence-corrected chi connectivity index (χ1v) is 12.3. The Balaban J connectivity index is 1.50. The zero-order valence-corrected chi connectivity index (χ0v) is 19.1. The minimum atomic E-state index is -3.64. The van der Waals surface area contributed by atoms with Gasteiger partial charge in [0, 0.05) is 33.1 Å². The van der Waals surface area contributed by atoms with Crippen LogP contribution >= 0.6 is 22.9 Å². The molecule has 158 valence electrons. The van der Waals surface area contributed by atoms with Gasteiger partial charge in [-0.1, -0.05) is 23.7 Å². The molecule has 0 aliphatic carbocycles. The maximum Gasteiger partial charge on any atom is 0.255 e. The summed E-state index contributed by atoms with van der Waals surface area (Å²) in [6, 6.07) is 12.4. The SMILES string of the molecule is CN(C)S(=O)(=O)c1ccc(Cl)c(C(=O)N2CCC(c3nc4ccccc4s3)CC2)c1. The van der Waals surface area contributed by atoms with Crippen LogP contribution in [0.3, 0.4) is 0 Å². The molecule has 1 aliphatic heterocycles. The lowest BCUT2D eigenvalue weighted by Crippen LogP contribution is -2.38. The second-order valence-corrected chi connectivity index (χ2v) is 11.1. The van der Waals surface area contributed by atoms with E-state index in [1.54, 1.807) is 16.2 Å². The van der Waals surface area contributed by atoms with Crippen LogP contribution in [-0.2, 0) is 10.0 Å². The number of sulfonamides is 1. The summed E-state index contributed by atoms with van der Waals surface area (Å²) in [5.74, 6) is 0.0842. The Hall–Kier alpha value is -2.00. The van der Waals surface area contributed by atoms with Gasteiger partial charge in [-0.2, -0.15) is 0 Å². The number of rotatable bonds is 4. The van der Waals surface area contributed by atoms with Gasteiger partial charge in [0.15, 0.2) is 0 Å². The monoisotopic (exact) mass is 463 g/mol. The highest BCUT2D eigenvalue weighted by Gasteiger charge is 2.28. The van der Waals surface area contributed by atoms with Crippen LogP contribution in [0.5, 0.6) is 0 Å². The van der Waals surface area contributed by atoms with Crippen LogP contribution < -0.4 is 0 Å². The minimum Gasteiger partial charge on any atom is -0.339 e. The number of fused-ring (bicyclic) bond motifs is 1. The van der Waals surface area contributed by atoms with Crippen LogP contribution in [0.25, 0.3) is 10.2 Å². The third-order valence-electron chi connectivity index (χ3n) is 5.39. The van der Waals surface area contributed by atoms with E-state index in [-0.39, 0.29) is 21.4 Å². The highest BCUT2D eigenvalue weighted by atomic mass is 35.5. The number of hydrogen-bond acceptors (Lipinski definition) is 5. The Morgan fingerprint density at radius 3 is 2.53 bits per heavy atom. The van der Waals surface area contributed by atoms with Gasteiger partial charge in [0.05, 0.1) is 30.7 Å². The Kier molecular flexibility index (Phi) is 5.85. The summed E-state index contributed by atoms with van der Waals surface area (Å²) < 4.78 is 27.1. The fraction of sp³-hybridized carbons (Fsp3) is 0.333. The third-order valence-corrected chi connectivity index (χ3v) is 8.73. The van der Waals surface area contributed by atoms with Crippen LogP contribution in [0.1, 0.15) is 34.1 Å². The second-order valence-electron chi connectivity index (χ2n) is 7.52. The molecule has 1 amide bonds. The fourth-order valence-corrected chi connectivity index (χ4v) is 5.87. The highest BCUT2D eigenvalue weighted by molar-refractivity contribution is 7.89. The van der Waals surface area contributed by atoms with Gasteiger partial charge in [-0.25, -0.2) is 17.7 Å². The maximum atomic E-state index is 13.1. The van der Waals surface area contributed by atoms with E-state index in [1.807, 2.05) is 18.2 Å². The number of carbonyl (C=O) groups excluding carboxylic acids is 1. The molecule has 0 radical (unpaired) electrons. The summed E-state index contributed by atoms with van der Waals surface area (Å²) >= 11 is 7.96. The van der Waals surface area contributed by atoms with E-state index < -0.39 is 10.0 Å². The quantitative estimate of drug-likeness (QED) is 0.580. The molecule has 1 saturated heterocycles. The molecular weight excluding hydrogens is 442 g/mol. The van der Waals surface area contributed by atoms with Crippen LogP contribution in [0, 0.1) is 0 Å². The third kappa shape index (κ3) is 3.97. The topological polar surface area (TPSA) is 70.6 Å². The molecule has 2 aromatic carbocycles. The number of nitrogens with zero attached hydrogens (tertiary/aromatic N) is 3. The van der Waals surface area contributed by atoms with Gasteiger partial charge >= 0.3 is 0 Å². The maximum absolute atomic E-state index is 13.1. The Morgan fingerprint density at radius 1 is 1.17 bits per heavy atom. The van der Waals surface area contributed by atoms with Crippen molar-refractivity contribution in [2.75, 3.05) is 27.2 Å². The standard InChI is InChI=1S/C21H22ClN3O3S2/c1-24(2)30(27,28)15-7-8-17(22)16(13-15)21(26)25-11-9-14(10-12-25)20-23-18-5-3-4-6-19(18)29-20/h3-8,13-14H,9-12H2,1-2H3. The Morgan fingerprint density at radius 2 is 1.87 bits per heavy atom. The molecule has 1 aromatic heterocycles. The molecule has 2 heterocycles. The van der Waals surface area contributed by atoms with Crippen LogP contribution in [0.15, 0.2) is 47.4 Å². The number of piperidine rings is 1. The number of hydrogen-bond donors (Lipinski definition) is 0. The van der Waals surface area contributed by atoms with E-state index in [1.165, 1.54) is 37.0 Å². The largest absolute Gasteiger partial charge is 0.339 e. The number of halogens is 1. The smallest absolute Gasteiger partial charge is 0.255 e. The van der Waals surface area contributed by atoms with Crippen molar-refractivity contribution in [3.05, 3.63) is 58.1 Å². The van der Waals surface area contributed by atoms with Crippen molar-refractivity contribution >= 4 is 49.1 Å². The van der Waals surface area contributed by atoms with Crippen LogP contribution in [0.4, 0.5) is 0 Å². The average molecular weight is 464 g/mol. The first-order valence-electron chi connectivity index (χ1n) is 9.64. The summed E-state index contributed by atoms with van der Waals surface area (Å²) in [5.41, 5.74) is 1.24. The summed E-state index contributed by atoms with van der Waals surface area (Å²) in [4.78, 5) is 19.6. The van der Waals surface area contributed by atoms with E-state index in [2.05, 4.69) is 6.07 Å². The van der Waals surface area contributed by atoms with Crippen molar-refractivity contribution in [2.45, 2.75) is 23.7 Å². The molecule has 3 aromatic rings. The normalized spacial score (nSPS) is 15.8. The van der Waals surface area contributed by atoms with E-state index >= 15 is 0 Å². The van der Waals surface area contributed by atoms with Gasteiger partial charge in [-0.05, 0) is 43.2 Å². The molecule has 1 fully saturated rings. The molecule has 9 heteroatoms. The van der Waals surface area contributed by atoms with Gasteiger partial charge < -0.3 is 4.90 Å². The van der Waals surface area contributed by atoms with Crippen LogP contribution in [0.2, 0.25) is 5.02 Å². The zero-order chi connectivity index (χ0) is 21.5. The molecule has 0 N–H and O–H groups in total. The lowest BCUT2D eigenvalue weighted by atomic mass is 9.97. The fourth-order valence-electron chi connectivity index (χ4n) is 3.60. The molecule has 1 aliphatic rings. The summed E-state index contributed by atoms with van der Waals surface area (Å²) in [5, 5.41) is 1.37. The Bertz CT molecular complexity index is 1170. The molecule has 0 saturated carbocycles. The molecule has 0 spiro atoms. The zero-order valence-electron chi connectivity index (χ0n) is 16.7. The molecular formula is C21H22ClN3O3S2. The molecule has 6 nitrogen and oxygen atoms in total. The summed E-state index contributed by atoms with van der Waals surface area (Å²) in [6.45, 7) is 1.17. The molecule has 4 rings (SSSR count). The predicted octanol–water partition coefficient (Wildman–Crippen LogP) is 4.22. The number of para-hydroxylation sites is 1. The lowest BCUT2D eigenvalue weighted by molar-refractivity contribution is 0.0713. The van der Waals surface area contributed by atoms with Crippen molar-refractivity contribution in [2.24, 2.45) is 0 Å². The number of benzene rings is 2. The second kappa shape index (κ2) is 8.26. The van der Waals surface area contributed by atoms with Gasteiger partial charge in [0.25, 0.3) is 5.91 Å². The van der Waals surface area contributed by atoms with Crippen molar-refractivity contribution in [1.29, 1.82) is 0 Å². The minimum absolute atomic E-state index is 0.0598. The van der Waals surface area contributed by atoms with Crippen LogP contribution in [-0.4, -0.2) is 55.7 Å². The summed E-state index contributed by atoms with van der Waals surface area (Å²) in [7, 11) is -0.728. The number of likely N-dealkylation sites (tertiary alicyclic amines) is 1. The van der Waals surface area contributed by atoms with Gasteiger partial charge in [-0.3, -0.25) is 4.79 Å². The van der Waals surface area contributed by atoms with E-state index in [9.17, 15) is 13.2 Å². The van der Waals surface area contributed by atoms with Gasteiger partial charge in [-0.15, -0.1) is 11.3 Å². The van der Waals surface area contributed by atoms with Crippen molar-refractivity contribution in [3.63, 3.8) is 0 Å². The predicted molar refractivity (Wildman–Crippen MR) is 120 cm³/mol. The first kappa shape index (κ1) is 21.2. The van der Waals surface area contributed by atoms with Crippen molar-refractivity contribution in [3.8, 4) is 0 Å². The molecule has 0 unspecified atom stereocenters. The first-order chi connectivity index (χ1) is 14.3.